The van der Waals surface area contributed by atoms with Crippen molar-refractivity contribution in [3.63, 3.8) is 0 Å². The highest BCUT2D eigenvalue weighted by Crippen LogP contribution is 2.10. The molecule has 1 atom stereocenters. The van der Waals surface area contributed by atoms with Crippen molar-refractivity contribution >= 4 is 11.9 Å². The maximum Gasteiger partial charge on any atom is 0.326 e. The van der Waals surface area contributed by atoms with Gasteiger partial charge < -0.3 is 10.0 Å². The molecule has 0 aliphatic rings. The van der Waals surface area contributed by atoms with E-state index in [-0.39, 0.29) is 5.91 Å². The van der Waals surface area contributed by atoms with Crippen LogP contribution in [-0.2, 0) is 9.59 Å². The highest BCUT2D eigenvalue weighted by Gasteiger charge is 2.21. The second kappa shape index (κ2) is 27.8. The van der Waals surface area contributed by atoms with E-state index in [1.54, 1.807) is 6.92 Å². The smallest absolute Gasteiger partial charge is 0.326 e. The molecular weight excluding hydrogens is 314 g/mol. The SMILES string of the molecule is CC.CC.CC.CCCCCCCCCCN(C(C)=O)C(C)C(=O)O. The number of nitrogens with zero attached hydrogens (tertiary/aromatic N) is 1. The van der Waals surface area contributed by atoms with Crippen molar-refractivity contribution in [1.29, 1.82) is 0 Å². The molecule has 0 aliphatic carbocycles. The molecule has 0 rings (SSSR count). The molecule has 0 spiro atoms. The van der Waals surface area contributed by atoms with Crippen LogP contribution in [-0.4, -0.2) is 34.5 Å². The van der Waals surface area contributed by atoms with Gasteiger partial charge >= 0.3 is 5.97 Å². The molecule has 0 heterocycles. The highest BCUT2D eigenvalue weighted by atomic mass is 16.4. The van der Waals surface area contributed by atoms with Crippen LogP contribution in [0.1, 0.15) is 114 Å². The normalized spacial score (nSPS) is 9.96. The first-order valence-electron chi connectivity index (χ1n) is 10.5. The number of rotatable bonds is 11. The zero-order chi connectivity index (χ0) is 20.7. The lowest BCUT2D eigenvalue weighted by molar-refractivity contribution is -0.148. The fourth-order valence-corrected chi connectivity index (χ4v) is 2.17. The molecule has 0 aromatic rings. The Bertz CT molecular complexity index is 268. The van der Waals surface area contributed by atoms with Crippen LogP contribution in [0.5, 0.6) is 0 Å². The van der Waals surface area contributed by atoms with E-state index in [0.29, 0.717) is 6.54 Å². The monoisotopic (exact) mass is 361 g/mol. The summed E-state index contributed by atoms with van der Waals surface area (Å²) in [4.78, 5) is 23.7. The lowest BCUT2D eigenvalue weighted by atomic mass is 10.1. The van der Waals surface area contributed by atoms with Crippen molar-refractivity contribution in [2.24, 2.45) is 0 Å². The topological polar surface area (TPSA) is 57.6 Å². The number of carboxylic acids is 1. The predicted octanol–water partition coefficient (Wildman–Crippen LogP) is 6.53. The Balaban J connectivity index is -0.000000329. The fraction of sp³-hybridized carbons (Fsp3) is 0.905. The summed E-state index contributed by atoms with van der Waals surface area (Å²) in [6, 6.07) is -0.720. The molecule has 0 radical (unpaired) electrons. The Hall–Kier alpha value is -1.06. The van der Waals surface area contributed by atoms with Crippen LogP contribution in [0.15, 0.2) is 0 Å². The number of aliphatic carboxylic acids is 1. The first-order valence-corrected chi connectivity index (χ1v) is 10.5. The maximum absolute atomic E-state index is 11.4. The lowest BCUT2D eigenvalue weighted by Crippen LogP contribution is -2.42. The Labute approximate surface area is 158 Å². The third-order valence-electron chi connectivity index (χ3n) is 3.48. The molecule has 0 bridgehead atoms. The minimum absolute atomic E-state index is 0.155. The molecule has 1 amide bonds. The molecule has 0 aromatic carbocycles. The number of unbranched alkanes of at least 4 members (excludes halogenated alkanes) is 7. The van der Waals surface area contributed by atoms with Gasteiger partial charge in [0.15, 0.2) is 0 Å². The van der Waals surface area contributed by atoms with Crippen LogP contribution < -0.4 is 0 Å². The zero-order valence-electron chi connectivity index (χ0n) is 18.7. The van der Waals surface area contributed by atoms with Gasteiger partial charge in [0.05, 0.1) is 0 Å². The molecule has 25 heavy (non-hydrogen) atoms. The summed E-state index contributed by atoms with van der Waals surface area (Å²) in [5, 5.41) is 8.93. The largest absolute Gasteiger partial charge is 0.480 e. The lowest BCUT2D eigenvalue weighted by Gasteiger charge is -2.25. The molecule has 4 heteroatoms. The maximum atomic E-state index is 11.4. The summed E-state index contributed by atoms with van der Waals surface area (Å²) in [5.74, 6) is -1.09. The van der Waals surface area contributed by atoms with Crippen LogP contribution >= 0.6 is 0 Å². The van der Waals surface area contributed by atoms with E-state index in [1.807, 2.05) is 41.5 Å². The quantitative estimate of drug-likeness (QED) is 0.426. The van der Waals surface area contributed by atoms with Crippen LogP contribution in [0.4, 0.5) is 0 Å². The van der Waals surface area contributed by atoms with E-state index >= 15 is 0 Å². The van der Waals surface area contributed by atoms with Gasteiger partial charge in [-0.3, -0.25) is 4.79 Å². The minimum atomic E-state index is -0.935. The van der Waals surface area contributed by atoms with Gasteiger partial charge in [0.2, 0.25) is 5.91 Å². The van der Waals surface area contributed by atoms with Gasteiger partial charge in [-0.15, -0.1) is 0 Å². The first-order chi connectivity index (χ1) is 12.0. The molecule has 1 N–H and O–H groups in total. The van der Waals surface area contributed by atoms with Crippen molar-refractivity contribution in [2.75, 3.05) is 6.54 Å². The number of amides is 1. The summed E-state index contributed by atoms with van der Waals surface area (Å²) >= 11 is 0. The Kier molecular flexibility index (Phi) is 35.2. The summed E-state index contributed by atoms with van der Waals surface area (Å²) in [6.45, 7) is 17.8. The molecular formula is C21H47NO3. The van der Waals surface area contributed by atoms with E-state index in [2.05, 4.69) is 6.92 Å². The molecule has 0 aliphatic heterocycles. The third-order valence-corrected chi connectivity index (χ3v) is 3.48. The van der Waals surface area contributed by atoms with Gasteiger partial charge in [-0.1, -0.05) is 93.4 Å². The second-order valence-corrected chi connectivity index (χ2v) is 5.20. The second-order valence-electron chi connectivity index (χ2n) is 5.20. The van der Waals surface area contributed by atoms with E-state index in [4.69, 9.17) is 5.11 Å². The highest BCUT2D eigenvalue weighted by molar-refractivity contribution is 5.81. The van der Waals surface area contributed by atoms with Crippen LogP contribution in [0.2, 0.25) is 0 Å². The van der Waals surface area contributed by atoms with E-state index in [9.17, 15) is 9.59 Å². The number of carbonyl (C=O) groups excluding carboxylic acids is 1. The molecule has 0 saturated heterocycles. The average molecular weight is 362 g/mol. The van der Waals surface area contributed by atoms with Crippen molar-refractivity contribution in [3.8, 4) is 0 Å². The van der Waals surface area contributed by atoms with Gasteiger partial charge in [-0.2, -0.15) is 0 Å². The van der Waals surface area contributed by atoms with E-state index in [0.717, 1.165) is 12.8 Å². The Morgan fingerprint density at radius 3 is 1.48 bits per heavy atom. The minimum Gasteiger partial charge on any atom is -0.480 e. The molecule has 0 fully saturated rings. The number of carboxylic acid groups (broad SMARTS) is 1. The molecule has 0 aromatic heterocycles. The standard InChI is InChI=1S/C15H29NO3.3C2H6/c1-4-5-6-7-8-9-10-11-12-16(14(3)17)13(2)15(18)19;3*1-2/h13H,4-12H2,1-3H3,(H,18,19);3*1-2H3. The third kappa shape index (κ3) is 22.9. The van der Waals surface area contributed by atoms with Gasteiger partial charge in [0, 0.05) is 13.5 Å². The van der Waals surface area contributed by atoms with Crippen LogP contribution in [0.25, 0.3) is 0 Å². The number of hydrogen-bond acceptors (Lipinski definition) is 2. The average Bonchev–Trinajstić information content (AvgIpc) is 2.64. The van der Waals surface area contributed by atoms with Crippen LogP contribution in [0, 0.1) is 0 Å². The predicted molar refractivity (Wildman–Crippen MR) is 111 cm³/mol. The number of carbonyl (C=O) groups is 2. The van der Waals surface area contributed by atoms with Crippen LogP contribution in [0.3, 0.4) is 0 Å². The van der Waals surface area contributed by atoms with Gasteiger partial charge in [-0.25, -0.2) is 4.79 Å². The van der Waals surface area contributed by atoms with Crippen molar-refractivity contribution < 1.29 is 14.7 Å². The summed E-state index contributed by atoms with van der Waals surface area (Å²) in [6.07, 6.45) is 9.56. The van der Waals surface area contributed by atoms with Gasteiger partial charge in [0.1, 0.15) is 6.04 Å². The molecule has 154 valence electrons. The molecule has 0 saturated carbocycles. The zero-order valence-corrected chi connectivity index (χ0v) is 18.7. The van der Waals surface area contributed by atoms with Crippen molar-refractivity contribution in [3.05, 3.63) is 0 Å². The number of hydrogen-bond donors (Lipinski definition) is 1. The van der Waals surface area contributed by atoms with Crippen molar-refractivity contribution in [1.82, 2.24) is 4.90 Å². The first kappa shape index (κ1) is 31.7. The van der Waals surface area contributed by atoms with E-state index < -0.39 is 12.0 Å². The van der Waals surface area contributed by atoms with Gasteiger partial charge in [-0.05, 0) is 13.3 Å². The van der Waals surface area contributed by atoms with E-state index in [1.165, 1.54) is 50.3 Å². The summed E-state index contributed by atoms with van der Waals surface area (Å²) in [7, 11) is 0. The molecule has 1 unspecified atom stereocenters. The van der Waals surface area contributed by atoms with Gasteiger partial charge in [0.25, 0.3) is 0 Å². The fourth-order valence-electron chi connectivity index (χ4n) is 2.17. The Morgan fingerprint density at radius 2 is 1.16 bits per heavy atom. The molecule has 4 nitrogen and oxygen atoms in total. The Morgan fingerprint density at radius 1 is 0.800 bits per heavy atom. The summed E-state index contributed by atoms with van der Waals surface area (Å²) < 4.78 is 0. The summed E-state index contributed by atoms with van der Waals surface area (Å²) in [5.41, 5.74) is 0. The van der Waals surface area contributed by atoms with Crippen molar-refractivity contribution in [2.45, 2.75) is 120 Å².